The van der Waals surface area contributed by atoms with E-state index in [0.717, 1.165) is 23.9 Å². The van der Waals surface area contributed by atoms with Crippen LogP contribution in [0.2, 0.25) is 5.02 Å². The summed E-state index contributed by atoms with van der Waals surface area (Å²) in [6.45, 7) is 3.50. The molecule has 6 heteroatoms. The number of rotatable bonds is 3. The Hall–Kier alpha value is -1.20. The van der Waals surface area contributed by atoms with Crippen LogP contribution < -0.4 is 10.6 Å². The fraction of sp³-hybridized carbons (Fsp3) is 0.333. The van der Waals surface area contributed by atoms with E-state index in [4.69, 9.17) is 11.6 Å². The Morgan fingerprint density at radius 2 is 2.22 bits per heavy atom. The number of thioether (sulfide) groups is 1. The van der Waals surface area contributed by atoms with Gasteiger partial charge in [0.1, 0.15) is 0 Å². The maximum absolute atomic E-state index is 11.9. The standard InChI is InChI=1S/C12H14ClN3OS/c1-8(18-12-14-6-7-15-12)11(17)16-10-4-2-9(13)3-5-10/h2-5,8H,6-7H2,1H3,(H,14,15)(H,16,17)/t8-/m1/s1. The third kappa shape index (κ3) is 3.65. The molecular formula is C12H14ClN3OS. The molecule has 0 unspecified atom stereocenters. The molecule has 1 aliphatic heterocycles. The lowest BCUT2D eigenvalue weighted by atomic mass is 10.3. The number of hydrogen-bond donors (Lipinski definition) is 2. The van der Waals surface area contributed by atoms with Gasteiger partial charge in [0.25, 0.3) is 0 Å². The first-order valence-corrected chi connectivity index (χ1v) is 6.92. The van der Waals surface area contributed by atoms with E-state index in [1.54, 1.807) is 24.3 Å². The molecule has 2 rings (SSSR count). The van der Waals surface area contributed by atoms with Crippen LogP contribution in [0, 0.1) is 0 Å². The molecular weight excluding hydrogens is 270 g/mol. The zero-order chi connectivity index (χ0) is 13.0. The third-order valence-corrected chi connectivity index (χ3v) is 3.73. The zero-order valence-electron chi connectivity index (χ0n) is 9.94. The third-order valence-electron chi connectivity index (χ3n) is 2.41. The highest BCUT2D eigenvalue weighted by molar-refractivity contribution is 8.14. The van der Waals surface area contributed by atoms with Gasteiger partial charge in [-0.2, -0.15) is 0 Å². The molecule has 0 aliphatic carbocycles. The van der Waals surface area contributed by atoms with Crippen LogP contribution in [-0.4, -0.2) is 29.4 Å². The van der Waals surface area contributed by atoms with Crippen LogP contribution in [0.3, 0.4) is 0 Å². The average molecular weight is 284 g/mol. The number of amidine groups is 1. The van der Waals surface area contributed by atoms with Gasteiger partial charge in [0, 0.05) is 17.3 Å². The molecule has 96 valence electrons. The number of nitrogens with zero attached hydrogens (tertiary/aromatic N) is 1. The van der Waals surface area contributed by atoms with Gasteiger partial charge < -0.3 is 10.6 Å². The Bertz CT molecular complexity index is 461. The van der Waals surface area contributed by atoms with Crippen molar-refractivity contribution >= 4 is 40.1 Å². The Balaban J connectivity index is 1.88. The predicted octanol–water partition coefficient (Wildman–Crippen LogP) is 2.36. The monoisotopic (exact) mass is 283 g/mol. The summed E-state index contributed by atoms with van der Waals surface area (Å²) in [6, 6.07) is 7.06. The Kier molecular flexibility index (Phi) is 4.49. The van der Waals surface area contributed by atoms with Crippen LogP contribution in [0.25, 0.3) is 0 Å². The smallest absolute Gasteiger partial charge is 0.237 e. The van der Waals surface area contributed by atoms with E-state index >= 15 is 0 Å². The number of halogens is 1. The highest BCUT2D eigenvalue weighted by atomic mass is 35.5. The largest absolute Gasteiger partial charge is 0.363 e. The Morgan fingerprint density at radius 1 is 1.50 bits per heavy atom. The summed E-state index contributed by atoms with van der Waals surface area (Å²) in [6.07, 6.45) is 0. The lowest BCUT2D eigenvalue weighted by molar-refractivity contribution is -0.115. The quantitative estimate of drug-likeness (QED) is 0.895. The van der Waals surface area contributed by atoms with Crippen LogP contribution >= 0.6 is 23.4 Å². The molecule has 4 nitrogen and oxygen atoms in total. The fourth-order valence-electron chi connectivity index (χ4n) is 1.45. The van der Waals surface area contributed by atoms with Crippen LogP contribution in [0.1, 0.15) is 6.92 Å². The number of nitrogens with one attached hydrogen (secondary N) is 2. The number of carbonyl (C=O) groups excluding carboxylic acids is 1. The van der Waals surface area contributed by atoms with Gasteiger partial charge in [-0.1, -0.05) is 23.4 Å². The van der Waals surface area contributed by atoms with Crippen molar-refractivity contribution in [2.75, 3.05) is 18.4 Å². The predicted molar refractivity (Wildman–Crippen MR) is 77.4 cm³/mol. The molecule has 1 aromatic carbocycles. The number of amides is 1. The molecule has 1 heterocycles. The Labute approximate surface area is 115 Å². The van der Waals surface area contributed by atoms with Gasteiger partial charge in [0.15, 0.2) is 5.17 Å². The van der Waals surface area contributed by atoms with Gasteiger partial charge in [-0.3, -0.25) is 9.79 Å². The second kappa shape index (κ2) is 6.11. The highest BCUT2D eigenvalue weighted by Crippen LogP contribution is 2.17. The number of hydrogen-bond acceptors (Lipinski definition) is 4. The van der Waals surface area contributed by atoms with Crippen molar-refractivity contribution in [2.45, 2.75) is 12.2 Å². The molecule has 1 aliphatic rings. The van der Waals surface area contributed by atoms with Gasteiger partial charge in [0.05, 0.1) is 11.8 Å². The van der Waals surface area contributed by atoms with Gasteiger partial charge in [0.2, 0.25) is 5.91 Å². The number of carbonyl (C=O) groups is 1. The van der Waals surface area contributed by atoms with Crippen molar-refractivity contribution in [2.24, 2.45) is 4.99 Å². The number of benzene rings is 1. The van der Waals surface area contributed by atoms with Crippen LogP contribution in [0.4, 0.5) is 5.69 Å². The summed E-state index contributed by atoms with van der Waals surface area (Å²) in [5.41, 5.74) is 0.748. The molecule has 0 bridgehead atoms. The summed E-state index contributed by atoms with van der Waals surface area (Å²) in [7, 11) is 0. The highest BCUT2D eigenvalue weighted by Gasteiger charge is 2.18. The molecule has 0 radical (unpaired) electrons. The number of anilines is 1. The average Bonchev–Trinajstić information content (AvgIpc) is 2.85. The van der Waals surface area contributed by atoms with E-state index in [2.05, 4.69) is 15.6 Å². The van der Waals surface area contributed by atoms with Gasteiger partial charge in [-0.25, -0.2) is 0 Å². The summed E-state index contributed by atoms with van der Waals surface area (Å²) in [5.74, 6) is -0.0428. The second-order valence-corrected chi connectivity index (χ2v) is 5.64. The van der Waals surface area contributed by atoms with Crippen LogP contribution in [0.15, 0.2) is 29.3 Å². The van der Waals surface area contributed by atoms with Crippen molar-refractivity contribution < 1.29 is 4.79 Å². The molecule has 0 saturated heterocycles. The van der Waals surface area contributed by atoms with E-state index in [0.29, 0.717) is 5.02 Å². The minimum atomic E-state index is -0.190. The molecule has 18 heavy (non-hydrogen) atoms. The van der Waals surface area contributed by atoms with Crippen LogP contribution in [-0.2, 0) is 4.79 Å². The lowest BCUT2D eigenvalue weighted by Crippen LogP contribution is -2.26. The van der Waals surface area contributed by atoms with E-state index in [1.807, 2.05) is 6.92 Å². The summed E-state index contributed by atoms with van der Waals surface area (Å²) in [5, 5.41) is 7.28. The van der Waals surface area contributed by atoms with Gasteiger partial charge >= 0.3 is 0 Å². The normalized spacial score (nSPS) is 15.8. The van der Waals surface area contributed by atoms with E-state index in [1.165, 1.54) is 11.8 Å². The first kappa shape index (κ1) is 13.2. The first-order valence-electron chi connectivity index (χ1n) is 5.66. The van der Waals surface area contributed by atoms with Crippen molar-refractivity contribution in [3.63, 3.8) is 0 Å². The minimum absolute atomic E-state index is 0.0428. The van der Waals surface area contributed by atoms with E-state index < -0.39 is 0 Å². The molecule has 1 aromatic rings. The number of aliphatic imine (C=N–C) groups is 1. The fourth-order valence-corrected chi connectivity index (χ4v) is 2.43. The van der Waals surface area contributed by atoms with E-state index in [9.17, 15) is 4.79 Å². The lowest BCUT2D eigenvalue weighted by Gasteiger charge is -2.11. The molecule has 0 saturated carbocycles. The topological polar surface area (TPSA) is 53.5 Å². The molecule has 2 N–H and O–H groups in total. The molecule has 0 fully saturated rings. The van der Waals surface area contributed by atoms with Crippen molar-refractivity contribution in [3.05, 3.63) is 29.3 Å². The first-order chi connectivity index (χ1) is 8.65. The minimum Gasteiger partial charge on any atom is -0.363 e. The maximum atomic E-state index is 11.9. The molecule has 1 amide bonds. The molecule has 0 spiro atoms. The van der Waals surface area contributed by atoms with E-state index in [-0.39, 0.29) is 11.2 Å². The van der Waals surface area contributed by atoms with Gasteiger partial charge in [-0.15, -0.1) is 0 Å². The van der Waals surface area contributed by atoms with Crippen molar-refractivity contribution in [1.29, 1.82) is 0 Å². The Morgan fingerprint density at radius 3 is 2.83 bits per heavy atom. The van der Waals surface area contributed by atoms with Gasteiger partial charge in [-0.05, 0) is 31.2 Å². The SMILES string of the molecule is C[C@@H](SC1=NCCN1)C(=O)Nc1ccc(Cl)cc1. The second-order valence-electron chi connectivity index (χ2n) is 3.87. The zero-order valence-corrected chi connectivity index (χ0v) is 11.5. The summed E-state index contributed by atoms with van der Waals surface area (Å²) in [4.78, 5) is 16.2. The van der Waals surface area contributed by atoms with Crippen molar-refractivity contribution in [1.82, 2.24) is 5.32 Å². The molecule has 0 aromatic heterocycles. The summed E-state index contributed by atoms with van der Waals surface area (Å²) >= 11 is 7.22. The van der Waals surface area contributed by atoms with Crippen LogP contribution in [0.5, 0.6) is 0 Å². The molecule has 1 atom stereocenters. The maximum Gasteiger partial charge on any atom is 0.237 e. The van der Waals surface area contributed by atoms with Crippen molar-refractivity contribution in [3.8, 4) is 0 Å². The summed E-state index contributed by atoms with van der Waals surface area (Å²) < 4.78 is 0.